The molecule has 1 amide bonds. The molecular formula is C17H19N7OS. The Balaban J connectivity index is 1.36. The molecule has 0 spiro atoms. The van der Waals surface area contributed by atoms with Crippen LogP contribution in [0.3, 0.4) is 0 Å². The van der Waals surface area contributed by atoms with E-state index in [4.69, 9.17) is 0 Å². The highest BCUT2D eigenvalue weighted by atomic mass is 32.1. The van der Waals surface area contributed by atoms with E-state index in [1.165, 1.54) is 16.9 Å². The molecule has 9 heteroatoms. The molecule has 0 atom stereocenters. The van der Waals surface area contributed by atoms with Crippen molar-refractivity contribution in [2.75, 3.05) is 23.3 Å². The maximum absolute atomic E-state index is 12.2. The van der Waals surface area contributed by atoms with E-state index in [0.29, 0.717) is 16.6 Å². The van der Waals surface area contributed by atoms with Crippen molar-refractivity contribution in [3.63, 3.8) is 0 Å². The Labute approximate surface area is 154 Å². The molecule has 0 saturated carbocycles. The maximum atomic E-state index is 12.2. The third kappa shape index (κ3) is 3.57. The Morgan fingerprint density at radius 2 is 2.12 bits per heavy atom. The fourth-order valence-corrected chi connectivity index (χ4v) is 3.64. The van der Waals surface area contributed by atoms with Crippen molar-refractivity contribution in [1.82, 2.24) is 25.0 Å². The van der Waals surface area contributed by atoms with Crippen LogP contribution in [0.25, 0.3) is 0 Å². The molecule has 4 rings (SSSR count). The van der Waals surface area contributed by atoms with Gasteiger partial charge in [-0.15, -0.1) is 10.2 Å². The van der Waals surface area contributed by atoms with Crippen LogP contribution in [-0.2, 0) is 7.05 Å². The third-order valence-electron chi connectivity index (χ3n) is 4.61. The van der Waals surface area contributed by atoms with Crippen molar-refractivity contribution in [2.24, 2.45) is 7.05 Å². The van der Waals surface area contributed by atoms with Gasteiger partial charge >= 0.3 is 0 Å². The number of hydrogen-bond acceptors (Lipinski definition) is 7. The molecule has 1 saturated heterocycles. The zero-order valence-corrected chi connectivity index (χ0v) is 15.2. The lowest BCUT2D eigenvalue weighted by Gasteiger charge is -2.32. The lowest BCUT2D eigenvalue weighted by Crippen LogP contribution is -2.33. The van der Waals surface area contributed by atoms with Crippen molar-refractivity contribution >= 4 is 28.2 Å². The van der Waals surface area contributed by atoms with E-state index in [9.17, 15) is 4.79 Å². The van der Waals surface area contributed by atoms with Gasteiger partial charge in [0.25, 0.3) is 5.91 Å². The molecule has 3 aromatic rings. The van der Waals surface area contributed by atoms with Crippen LogP contribution < -0.4 is 10.2 Å². The smallest absolute Gasteiger partial charge is 0.259 e. The van der Waals surface area contributed by atoms with E-state index in [1.807, 2.05) is 24.0 Å². The number of anilines is 2. The number of aryl methyl sites for hydroxylation is 1. The zero-order chi connectivity index (χ0) is 17.9. The van der Waals surface area contributed by atoms with Gasteiger partial charge in [-0.2, -0.15) is 5.10 Å². The lowest BCUT2D eigenvalue weighted by atomic mass is 9.91. The summed E-state index contributed by atoms with van der Waals surface area (Å²) in [5.41, 5.74) is 3.39. The van der Waals surface area contributed by atoms with Crippen molar-refractivity contribution in [2.45, 2.75) is 18.8 Å². The molecule has 3 aromatic heterocycles. The minimum Gasteiger partial charge on any atom is -0.357 e. The van der Waals surface area contributed by atoms with E-state index in [1.54, 1.807) is 17.8 Å². The van der Waals surface area contributed by atoms with Gasteiger partial charge in [-0.1, -0.05) is 11.3 Å². The monoisotopic (exact) mass is 369 g/mol. The first kappa shape index (κ1) is 16.6. The Morgan fingerprint density at radius 1 is 1.27 bits per heavy atom. The van der Waals surface area contributed by atoms with E-state index < -0.39 is 0 Å². The quantitative estimate of drug-likeness (QED) is 0.759. The highest BCUT2D eigenvalue weighted by Crippen LogP contribution is 2.29. The molecule has 1 aliphatic rings. The van der Waals surface area contributed by atoms with Crippen LogP contribution in [0.5, 0.6) is 0 Å². The van der Waals surface area contributed by atoms with Gasteiger partial charge in [0.2, 0.25) is 5.13 Å². The van der Waals surface area contributed by atoms with Crippen LogP contribution in [0.15, 0.2) is 36.2 Å². The van der Waals surface area contributed by atoms with Crippen LogP contribution in [-0.4, -0.2) is 44.0 Å². The predicted molar refractivity (Wildman–Crippen MR) is 99.5 cm³/mol. The number of carbonyl (C=O) groups is 1. The van der Waals surface area contributed by atoms with Crippen molar-refractivity contribution in [3.05, 3.63) is 47.4 Å². The van der Waals surface area contributed by atoms with E-state index in [2.05, 4.69) is 36.7 Å². The van der Waals surface area contributed by atoms with Crippen LogP contribution in [0, 0.1) is 0 Å². The van der Waals surface area contributed by atoms with Crippen LogP contribution in [0.1, 0.15) is 34.7 Å². The summed E-state index contributed by atoms with van der Waals surface area (Å²) in [4.78, 5) is 18.9. The minimum atomic E-state index is -0.226. The van der Waals surface area contributed by atoms with E-state index in [-0.39, 0.29) is 5.91 Å². The molecule has 1 fully saturated rings. The van der Waals surface area contributed by atoms with E-state index >= 15 is 0 Å². The number of nitrogens with one attached hydrogen (secondary N) is 1. The summed E-state index contributed by atoms with van der Waals surface area (Å²) in [5.74, 6) is 1.23. The first-order chi connectivity index (χ1) is 12.7. The SMILES string of the molecule is Cn1cc(C2CCN(c3ccc(C(=O)Nc4nncs4)cn3)CC2)cn1. The highest BCUT2D eigenvalue weighted by Gasteiger charge is 2.22. The molecule has 26 heavy (non-hydrogen) atoms. The second kappa shape index (κ2) is 7.20. The number of carbonyl (C=O) groups excluding carboxylic acids is 1. The van der Waals surface area contributed by atoms with Gasteiger partial charge in [0.15, 0.2) is 0 Å². The Kier molecular flexibility index (Phi) is 4.61. The molecule has 0 bridgehead atoms. The number of hydrogen-bond donors (Lipinski definition) is 1. The largest absolute Gasteiger partial charge is 0.357 e. The molecule has 0 radical (unpaired) electrons. The van der Waals surface area contributed by atoms with Gasteiger partial charge in [-0.3, -0.25) is 14.8 Å². The fraction of sp³-hybridized carbons (Fsp3) is 0.353. The molecule has 4 heterocycles. The predicted octanol–water partition coefficient (Wildman–Crippen LogP) is 2.30. The van der Waals surface area contributed by atoms with Gasteiger partial charge < -0.3 is 4.90 Å². The Bertz CT molecular complexity index is 867. The first-order valence-electron chi connectivity index (χ1n) is 8.46. The molecule has 0 aliphatic carbocycles. The zero-order valence-electron chi connectivity index (χ0n) is 14.4. The number of piperidine rings is 1. The standard InChI is InChI=1S/C17H19N7OS/c1-23-10-14(9-20-23)12-4-6-24(7-5-12)15-3-2-13(8-18-15)16(25)21-17-22-19-11-26-17/h2-3,8-12H,4-7H2,1H3,(H,21,22,25). The number of nitrogens with zero attached hydrogens (tertiary/aromatic N) is 6. The fourth-order valence-electron chi connectivity index (χ4n) is 3.20. The highest BCUT2D eigenvalue weighted by molar-refractivity contribution is 7.13. The summed E-state index contributed by atoms with van der Waals surface area (Å²) in [6, 6.07) is 3.70. The molecule has 1 aliphatic heterocycles. The van der Waals surface area contributed by atoms with Crippen molar-refractivity contribution in [1.29, 1.82) is 0 Å². The molecule has 1 N–H and O–H groups in total. The van der Waals surface area contributed by atoms with Gasteiger partial charge in [0.1, 0.15) is 11.3 Å². The van der Waals surface area contributed by atoms with Crippen molar-refractivity contribution in [3.8, 4) is 0 Å². The molecule has 8 nitrogen and oxygen atoms in total. The third-order valence-corrected chi connectivity index (χ3v) is 5.21. The normalized spacial score (nSPS) is 15.2. The lowest BCUT2D eigenvalue weighted by molar-refractivity contribution is 0.102. The molecule has 0 unspecified atom stereocenters. The number of amides is 1. The molecule has 134 valence electrons. The molecule has 0 aromatic carbocycles. The summed E-state index contributed by atoms with van der Waals surface area (Å²) in [6.07, 6.45) is 7.83. The van der Waals surface area contributed by atoms with Gasteiger partial charge in [-0.25, -0.2) is 4.98 Å². The average Bonchev–Trinajstić information content (AvgIpc) is 3.34. The van der Waals surface area contributed by atoms with Crippen LogP contribution >= 0.6 is 11.3 Å². The number of rotatable bonds is 4. The van der Waals surface area contributed by atoms with Crippen LogP contribution in [0.2, 0.25) is 0 Å². The van der Waals surface area contributed by atoms with E-state index in [0.717, 1.165) is 31.7 Å². The average molecular weight is 369 g/mol. The first-order valence-corrected chi connectivity index (χ1v) is 9.34. The summed E-state index contributed by atoms with van der Waals surface area (Å²) >= 11 is 1.28. The number of aromatic nitrogens is 5. The summed E-state index contributed by atoms with van der Waals surface area (Å²) < 4.78 is 1.86. The topological polar surface area (TPSA) is 88.8 Å². The van der Waals surface area contributed by atoms with Gasteiger partial charge in [0.05, 0.1) is 11.8 Å². The Hall–Kier alpha value is -2.81. The summed E-state index contributed by atoms with van der Waals surface area (Å²) in [6.45, 7) is 1.89. The number of pyridine rings is 1. The van der Waals surface area contributed by atoms with Crippen LogP contribution in [0.4, 0.5) is 10.9 Å². The second-order valence-electron chi connectivity index (χ2n) is 6.31. The molecular weight excluding hydrogens is 350 g/mol. The summed E-state index contributed by atoms with van der Waals surface area (Å²) in [5, 5.41) is 15.0. The second-order valence-corrected chi connectivity index (χ2v) is 7.14. The minimum absolute atomic E-state index is 0.226. The maximum Gasteiger partial charge on any atom is 0.259 e. The van der Waals surface area contributed by atoms with Crippen molar-refractivity contribution < 1.29 is 4.79 Å². The van der Waals surface area contributed by atoms with Gasteiger partial charge in [0, 0.05) is 32.5 Å². The Morgan fingerprint density at radius 3 is 2.73 bits per heavy atom. The summed E-state index contributed by atoms with van der Waals surface area (Å²) in [7, 11) is 1.95. The van der Waals surface area contributed by atoms with Gasteiger partial charge in [-0.05, 0) is 36.5 Å².